The van der Waals surface area contributed by atoms with Gasteiger partial charge < -0.3 is 20.1 Å². The van der Waals surface area contributed by atoms with Gasteiger partial charge in [0, 0.05) is 18.7 Å². The predicted molar refractivity (Wildman–Crippen MR) is 84.7 cm³/mol. The van der Waals surface area contributed by atoms with Crippen LogP contribution in [0.2, 0.25) is 0 Å². The molecule has 1 aliphatic carbocycles. The minimum absolute atomic E-state index is 0.0290. The third-order valence-electron chi connectivity index (χ3n) is 3.69. The molecule has 0 heterocycles. The number of esters is 2. The first-order valence-corrected chi connectivity index (χ1v) is 7.98. The van der Waals surface area contributed by atoms with Crippen molar-refractivity contribution in [3.8, 4) is 0 Å². The Bertz CT molecular complexity index is 430. The zero-order valence-corrected chi connectivity index (χ0v) is 13.8. The Hall–Kier alpha value is -2.05. The van der Waals surface area contributed by atoms with Crippen molar-refractivity contribution in [3.05, 3.63) is 12.2 Å². The van der Waals surface area contributed by atoms with Gasteiger partial charge in [0.1, 0.15) is 6.61 Å². The first-order chi connectivity index (χ1) is 11.0. The number of ether oxygens (including phenoxy) is 2. The minimum Gasteiger partial charge on any atom is -0.466 e. The highest BCUT2D eigenvalue weighted by atomic mass is 16.5. The highest BCUT2D eigenvalue weighted by molar-refractivity contribution is 5.91. The van der Waals surface area contributed by atoms with Gasteiger partial charge in [0.25, 0.3) is 0 Å². The molecule has 0 aliphatic heterocycles. The molecule has 7 heteroatoms. The predicted octanol–water partition coefficient (Wildman–Crippen LogP) is 1.53. The van der Waals surface area contributed by atoms with Crippen molar-refractivity contribution >= 4 is 18.0 Å². The number of nitrogens with one attached hydrogen (secondary N) is 2. The van der Waals surface area contributed by atoms with E-state index in [1.54, 1.807) is 6.92 Å². The van der Waals surface area contributed by atoms with Gasteiger partial charge in [0.2, 0.25) is 0 Å². The number of hydrogen-bond donors (Lipinski definition) is 2. The van der Waals surface area contributed by atoms with Crippen LogP contribution in [-0.2, 0) is 19.1 Å². The average molecular weight is 326 g/mol. The molecule has 1 aliphatic rings. The summed E-state index contributed by atoms with van der Waals surface area (Å²) < 4.78 is 9.27. The quantitative estimate of drug-likeness (QED) is 0.546. The SMILES string of the molecule is COC(=O)/C=C/C(=O)OC[C@H](C)NC(=O)NCC1CCCCC1. The highest BCUT2D eigenvalue weighted by Gasteiger charge is 2.15. The number of carbonyl (C=O) groups is 3. The second-order valence-corrected chi connectivity index (χ2v) is 5.75. The number of rotatable bonds is 7. The fourth-order valence-electron chi connectivity index (χ4n) is 2.40. The summed E-state index contributed by atoms with van der Waals surface area (Å²) in [6.45, 7) is 2.44. The molecule has 1 saturated carbocycles. The van der Waals surface area contributed by atoms with Crippen LogP contribution in [-0.4, -0.2) is 44.3 Å². The normalized spacial score (nSPS) is 16.6. The molecule has 1 fully saturated rings. The standard InChI is InChI=1S/C16H26N2O5/c1-12(11-23-15(20)9-8-14(19)22-2)18-16(21)17-10-13-6-4-3-5-7-13/h8-9,12-13H,3-7,10-11H2,1-2H3,(H2,17,18,21)/b9-8+/t12-/m0/s1. The third kappa shape index (κ3) is 8.85. The monoisotopic (exact) mass is 326 g/mol. The number of amides is 2. The minimum atomic E-state index is -0.660. The van der Waals surface area contributed by atoms with Crippen LogP contribution in [0.3, 0.4) is 0 Å². The molecule has 1 atom stereocenters. The van der Waals surface area contributed by atoms with Crippen LogP contribution >= 0.6 is 0 Å². The van der Waals surface area contributed by atoms with Gasteiger partial charge in [-0.1, -0.05) is 19.3 Å². The molecule has 1 rings (SSSR count). The summed E-state index contributed by atoms with van der Waals surface area (Å²) in [5.41, 5.74) is 0. The average Bonchev–Trinajstić information content (AvgIpc) is 2.56. The molecule has 130 valence electrons. The lowest BCUT2D eigenvalue weighted by atomic mass is 9.89. The van der Waals surface area contributed by atoms with E-state index in [2.05, 4.69) is 15.4 Å². The van der Waals surface area contributed by atoms with Crippen molar-refractivity contribution in [2.75, 3.05) is 20.3 Å². The maximum absolute atomic E-state index is 11.8. The lowest BCUT2D eigenvalue weighted by Crippen LogP contribution is -2.44. The van der Waals surface area contributed by atoms with Crippen LogP contribution in [0.5, 0.6) is 0 Å². The third-order valence-corrected chi connectivity index (χ3v) is 3.69. The molecule has 0 radical (unpaired) electrons. The van der Waals surface area contributed by atoms with E-state index in [0.29, 0.717) is 12.5 Å². The molecule has 0 saturated heterocycles. The molecule has 0 unspecified atom stereocenters. The van der Waals surface area contributed by atoms with Crippen molar-refractivity contribution in [2.24, 2.45) is 5.92 Å². The largest absolute Gasteiger partial charge is 0.466 e. The van der Waals surface area contributed by atoms with E-state index in [9.17, 15) is 14.4 Å². The molecular weight excluding hydrogens is 300 g/mol. The van der Waals surface area contributed by atoms with Gasteiger partial charge in [-0.05, 0) is 25.7 Å². The fourth-order valence-corrected chi connectivity index (χ4v) is 2.40. The fraction of sp³-hybridized carbons (Fsp3) is 0.688. The molecule has 2 amide bonds. The molecule has 0 spiro atoms. The molecule has 0 aromatic heterocycles. The zero-order valence-electron chi connectivity index (χ0n) is 13.8. The van der Waals surface area contributed by atoms with Crippen LogP contribution < -0.4 is 10.6 Å². The lowest BCUT2D eigenvalue weighted by molar-refractivity contribution is -0.139. The van der Waals surface area contributed by atoms with Gasteiger partial charge in [-0.25, -0.2) is 14.4 Å². The summed E-state index contributed by atoms with van der Waals surface area (Å²) in [6, 6.07) is -0.582. The van der Waals surface area contributed by atoms with Crippen LogP contribution in [0, 0.1) is 5.92 Å². The smallest absolute Gasteiger partial charge is 0.331 e. The number of urea groups is 1. The van der Waals surface area contributed by atoms with Crippen LogP contribution in [0.15, 0.2) is 12.2 Å². The van der Waals surface area contributed by atoms with E-state index >= 15 is 0 Å². The van der Waals surface area contributed by atoms with Crippen molar-refractivity contribution in [1.82, 2.24) is 10.6 Å². The molecule has 7 nitrogen and oxygen atoms in total. The summed E-state index contributed by atoms with van der Waals surface area (Å²) >= 11 is 0. The van der Waals surface area contributed by atoms with Crippen molar-refractivity contribution < 1.29 is 23.9 Å². The molecule has 0 aromatic rings. The summed E-state index contributed by atoms with van der Waals surface area (Å²) in [4.78, 5) is 33.9. The maximum atomic E-state index is 11.8. The summed E-state index contributed by atoms with van der Waals surface area (Å²) in [5.74, 6) is -0.729. The zero-order chi connectivity index (χ0) is 17.1. The Labute approximate surface area is 136 Å². The van der Waals surface area contributed by atoms with E-state index in [1.165, 1.54) is 39.2 Å². The van der Waals surface area contributed by atoms with E-state index in [1.807, 2.05) is 0 Å². The van der Waals surface area contributed by atoms with E-state index in [0.717, 1.165) is 12.2 Å². The van der Waals surface area contributed by atoms with Crippen LogP contribution in [0.4, 0.5) is 4.79 Å². The lowest BCUT2D eigenvalue weighted by Gasteiger charge is -2.22. The molecule has 0 bridgehead atoms. The molecule has 23 heavy (non-hydrogen) atoms. The summed E-state index contributed by atoms with van der Waals surface area (Å²) in [6.07, 6.45) is 8.06. The van der Waals surface area contributed by atoms with Crippen molar-refractivity contribution in [1.29, 1.82) is 0 Å². The Morgan fingerprint density at radius 3 is 2.43 bits per heavy atom. The first-order valence-electron chi connectivity index (χ1n) is 7.98. The van der Waals surface area contributed by atoms with Gasteiger partial charge in [-0.3, -0.25) is 0 Å². The number of hydrogen-bond acceptors (Lipinski definition) is 5. The summed E-state index contributed by atoms with van der Waals surface area (Å²) in [5, 5.41) is 5.56. The molecule has 0 aromatic carbocycles. The second-order valence-electron chi connectivity index (χ2n) is 5.75. The van der Waals surface area contributed by atoms with E-state index < -0.39 is 11.9 Å². The van der Waals surface area contributed by atoms with Crippen LogP contribution in [0.1, 0.15) is 39.0 Å². The molecular formula is C16H26N2O5. The van der Waals surface area contributed by atoms with Gasteiger partial charge >= 0.3 is 18.0 Å². The Kier molecular flexibility index (Phi) is 8.79. The Balaban J connectivity index is 2.15. The van der Waals surface area contributed by atoms with Crippen LogP contribution in [0.25, 0.3) is 0 Å². The summed E-state index contributed by atoms with van der Waals surface area (Å²) in [7, 11) is 1.22. The van der Waals surface area contributed by atoms with Gasteiger partial charge in [-0.15, -0.1) is 0 Å². The second kappa shape index (κ2) is 10.6. The Morgan fingerprint density at radius 1 is 1.13 bits per heavy atom. The molecule has 2 N–H and O–H groups in total. The number of methoxy groups -OCH3 is 1. The highest BCUT2D eigenvalue weighted by Crippen LogP contribution is 2.22. The number of carbonyl (C=O) groups excluding carboxylic acids is 3. The van der Waals surface area contributed by atoms with Gasteiger partial charge in [0.05, 0.1) is 13.2 Å². The van der Waals surface area contributed by atoms with Crippen molar-refractivity contribution in [3.63, 3.8) is 0 Å². The van der Waals surface area contributed by atoms with Crippen molar-refractivity contribution in [2.45, 2.75) is 45.1 Å². The topological polar surface area (TPSA) is 93.7 Å². The maximum Gasteiger partial charge on any atom is 0.331 e. The van der Waals surface area contributed by atoms with Gasteiger partial charge in [0.15, 0.2) is 0 Å². The Morgan fingerprint density at radius 2 is 1.78 bits per heavy atom. The van der Waals surface area contributed by atoms with E-state index in [4.69, 9.17) is 4.74 Å². The van der Waals surface area contributed by atoms with Gasteiger partial charge in [-0.2, -0.15) is 0 Å². The first kappa shape index (κ1) is 19.0. The van der Waals surface area contributed by atoms with E-state index in [-0.39, 0.29) is 18.7 Å².